The molecule has 0 aliphatic rings. The first kappa shape index (κ1) is 12.5. The minimum atomic E-state index is -0.170. The molecule has 2 nitrogen and oxygen atoms in total. The van der Waals surface area contributed by atoms with E-state index in [2.05, 4.69) is 4.98 Å². The number of rotatable bonds is 2. The molecule has 0 saturated carbocycles. The van der Waals surface area contributed by atoms with Gasteiger partial charge in [0.05, 0.1) is 6.04 Å². The Balaban J connectivity index is 0.00000112. The summed E-state index contributed by atoms with van der Waals surface area (Å²) in [5.41, 5.74) is 6.92. The summed E-state index contributed by atoms with van der Waals surface area (Å²) in [5, 5.41) is 2.48. The first-order valence-corrected chi connectivity index (χ1v) is 5.44. The zero-order valence-electron chi connectivity index (χ0n) is 7.76. The van der Waals surface area contributed by atoms with Gasteiger partial charge in [0.2, 0.25) is 0 Å². The molecule has 0 unspecified atom stereocenters. The van der Waals surface area contributed by atoms with Crippen molar-refractivity contribution in [1.29, 1.82) is 0 Å². The fourth-order valence-electron chi connectivity index (χ4n) is 1.25. The maximum Gasteiger partial charge on any atom is 0.134 e. The summed E-state index contributed by atoms with van der Waals surface area (Å²) in [6.07, 6.45) is 1.66. The maximum atomic E-state index is 6.05. The molecule has 2 rings (SSSR count). The fraction of sp³-hybridized carbons (Fsp3) is 0.100. The minimum Gasteiger partial charge on any atom is -0.320 e. The lowest BCUT2D eigenvalue weighted by molar-refractivity contribution is 0.884. The summed E-state index contributed by atoms with van der Waals surface area (Å²) in [7, 11) is 0. The van der Waals surface area contributed by atoms with Gasteiger partial charge in [0, 0.05) is 16.6 Å². The highest BCUT2D eigenvalue weighted by Gasteiger charge is 2.13. The van der Waals surface area contributed by atoms with E-state index in [0.29, 0.717) is 5.15 Å². The smallest absolute Gasteiger partial charge is 0.134 e. The van der Waals surface area contributed by atoms with Gasteiger partial charge in [-0.15, -0.1) is 23.7 Å². The maximum absolute atomic E-state index is 6.05. The zero-order valence-corrected chi connectivity index (χ0v) is 10.1. The number of pyridine rings is 1. The summed E-state index contributed by atoms with van der Waals surface area (Å²) >= 11 is 7.57. The van der Waals surface area contributed by atoms with E-state index in [4.69, 9.17) is 17.3 Å². The molecule has 1 atom stereocenters. The average molecular weight is 261 g/mol. The molecule has 15 heavy (non-hydrogen) atoms. The van der Waals surface area contributed by atoms with Crippen LogP contribution in [0.25, 0.3) is 0 Å². The molecule has 0 fully saturated rings. The summed E-state index contributed by atoms with van der Waals surface area (Å²) in [5.74, 6) is 0. The van der Waals surface area contributed by atoms with E-state index in [0.717, 1.165) is 10.4 Å². The number of nitrogens with two attached hydrogens (primary N) is 1. The Morgan fingerprint density at radius 3 is 2.73 bits per heavy atom. The normalized spacial score (nSPS) is 11.9. The number of aromatic nitrogens is 1. The highest BCUT2D eigenvalue weighted by atomic mass is 35.5. The molecule has 0 bridgehead atoms. The molecule has 0 aliphatic heterocycles. The first-order chi connectivity index (χ1) is 6.79. The number of hydrogen-bond acceptors (Lipinski definition) is 3. The lowest BCUT2D eigenvalue weighted by Gasteiger charge is -2.10. The molecular formula is C10H10Cl2N2S. The van der Waals surface area contributed by atoms with Crippen LogP contribution in [0.5, 0.6) is 0 Å². The van der Waals surface area contributed by atoms with E-state index in [1.807, 2.05) is 29.6 Å². The van der Waals surface area contributed by atoms with Crippen LogP contribution in [0.1, 0.15) is 16.5 Å². The molecule has 80 valence electrons. The predicted molar refractivity (Wildman–Crippen MR) is 66.8 cm³/mol. The number of thiophene rings is 1. The molecule has 2 N–H and O–H groups in total. The van der Waals surface area contributed by atoms with Crippen molar-refractivity contribution in [2.75, 3.05) is 0 Å². The second-order valence-electron chi connectivity index (χ2n) is 2.88. The van der Waals surface area contributed by atoms with Gasteiger partial charge in [0.1, 0.15) is 5.15 Å². The second kappa shape index (κ2) is 5.47. The molecule has 0 radical (unpaired) electrons. The molecular weight excluding hydrogens is 251 g/mol. The van der Waals surface area contributed by atoms with Gasteiger partial charge in [0.25, 0.3) is 0 Å². The van der Waals surface area contributed by atoms with Crippen molar-refractivity contribution in [1.82, 2.24) is 4.98 Å². The fourth-order valence-corrected chi connectivity index (χ4v) is 2.23. The Morgan fingerprint density at radius 1 is 1.33 bits per heavy atom. The van der Waals surface area contributed by atoms with Gasteiger partial charge in [-0.3, -0.25) is 0 Å². The molecule has 2 aromatic rings. The van der Waals surface area contributed by atoms with Crippen molar-refractivity contribution in [2.24, 2.45) is 5.73 Å². The van der Waals surface area contributed by atoms with Crippen LogP contribution < -0.4 is 5.73 Å². The molecule has 2 heterocycles. The molecule has 0 aromatic carbocycles. The third-order valence-corrected chi connectivity index (χ3v) is 3.24. The van der Waals surface area contributed by atoms with Crippen LogP contribution in [0.3, 0.4) is 0 Å². The molecule has 0 amide bonds. The van der Waals surface area contributed by atoms with E-state index in [9.17, 15) is 0 Å². The summed E-state index contributed by atoms with van der Waals surface area (Å²) in [6.45, 7) is 0. The number of hydrogen-bond donors (Lipinski definition) is 1. The van der Waals surface area contributed by atoms with Crippen LogP contribution in [-0.4, -0.2) is 4.98 Å². The van der Waals surface area contributed by atoms with Crippen LogP contribution in [0.15, 0.2) is 35.8 Å². The van der Waals surface area contributed by atoms with Crippen LogP contribution in [0.4, 0.5) is 0 Å². The second-order valence-corrected chi connectivity index (χ2v) is 4.21. The van der Waals surface area contributed by atoms with E-state index >= 15 is 0 Å². The van der Waals surface area contributed by atoms with Gasteiger partial charge in [-0.1, -0.05) is 23.7 Å². The lowest BCUT2D eigenvalue weighted by Crippen LogP contribution is -2.11. The first-order valence-electron chi connectivity index (χ1n) is 4.18. The molecule has 0 spiro atoms. The van der Waals surface area contributed by atoms with Crippen molar-refractivity contribution in [3.63, 3.8) is 0 Å². The summed E-state index contributed by atoms with van der Waals surface area (Å²) < 4.78 is 0. The quantitative estimate of drug-likeness (QED) is 0.842. The van der Waals surface area contributed by atoms with Gasteiger partial charge >= 0.3 is 0 Å². The predicted octanol–water partition coefficient (Wildman–Crippen LogP) is 3.27. The van der Waals surface area contributed by atoms with Crippen molar-refractivity contribution in [2.45, 2.75) is 6.04 Å². The average Bonchev–Trinajstić information content (AvgIpc) is 2.70. The minimum absolute atomic E-state index is 0. The van der Waals surface area contributed by atoms with Crippen LogP contribution in [-0.2, 0) is 0 Å². The third-order valence-electron chi connectivity index (χ3n) is 1.97. The van der Waals surface area contributed by atoms with E-state index in [1.165, 1.54) is 0 Å². The zero-order chi connectivity index (χ0) is 9.97. The highest BCUT2D eigenvalue weighted by Crippen LogP contribution is 2.27. The van der Waals surface area contributed by atoms with Crippen molar-refractivity contribution in [3.8, 4) is 0 Å². The van der Waals surface area contributed by atoms with E-state index < -0.39 is 0 Å². The van der Waals surface area contributed by atoms with Crippen LogP contribution >= 0.6 is 35.3 Å². The van der Waals surface area contributed by atoms with Gasteiger partial charge < -0.3 is 5.73 Å². The van der Waals surface area contributed by atoms with Crippen LogP contribution in [0.2, 0.25) is 5.15 Å². The van der Waals surface area contributed by atoms with E-state index in [-0.39, 0.29) is 18.4 Å². The van der Waals surface area contributed by atoms with Gasteiger partial charge in [-0.05, 0) is 17.5 Å². The standard InChI is InChI=1S/C10H9ClN2S.ClH/c11-10-7(3-1-5-13-10)9(12)8-4-2-6-14-8;/h1-6,9H,12H2;1H/t9-;/m1./s1. The third kappa shape index (κ3) is 2.69. The van der Waals surface area contributed by atoms with Crippen molar-refractivity contribution >= 4 is 35.3 Å². The van der Waals surface area contributed by atoms with Gasteiger partial charge in [0.15, 0.2) is 0 Å². The molecule has 0 aliphatic carbocycles. The van der Waals surface area contributed by atoms with E-state index in [1.54, 1.807) is 17.5 Å². The Morgan fingerprint density at radius 2 is 2.13 bits per heavy atom. The SMILES string of the molecule is Cl.N[C@@H](c1cccs1)c1cccnc1Cl. The Bertz CT molecular complexity index is 417. The topological polar surface area (TPSA) is 38.9 Å². The van der Waals surface area contributed by atoms with Crippen molar-refractivity contribution in [3.05, 3.63) is 51.4 Å². The lowest BCUT2D eigenvalue weighted by atomic mass is 10.1. The highest BCUT2D eigenvalue weighted by molar-refractivity contribution is 7.10. The molecule has 5 heteroatoms. The Hall–Kier alpha value is -0.610. The summed E-state index contributed by atoms with van der Waals surface area (Å²) in [4.78, 5) is 5.10. The van der Waals surface area contributed by atoms with Gasteiger partial charge in [-0.2, -0.15) is 0 Å². The van der Waals surface area contributed by atoms with Gasteiger partial charge in [-0.25, -0.2) is 4.98 Å². The largest absolute Gasteiger partial charge is 0.320 e. The number of halogens is 2. The Labute approximate surface area is 104 Å². The Kier molecular flexibility index (Phi) is 4.54. The van der Waals surface area contributed by atoms with Crippen molar-refractivity contribution < 1.29 is 0 Å². The number of nitrogens with zero attached hydrogens (tertiary/aromatic N) is 1. The molecule has 0 saturated heterocycles. The monoisotopic (exact) mass is 260 g/mol. The summed E-state index contributed by atoms with van der Waals surface area (Å²) in [6, 6.07) is 7.55. The molecule has 2 aromatic heterocycles. The van der Waals surface area contributed by atoms with Crippen LogP contribution in [0, 0.1) is 0 Å².